The third kappa shape index (κ3) is 6.58. The van der Waals surface area contributed by atoms with Crippen molar-refractivity contribution in [3.8, 4) is 11.6 Å². The van der Waals surface area contributed by atoms with Gasteiger partial charge in [0.15, 0.2) is 0 Å². The maximum absolute atomic E-state index is 13.8. The van der Waals surface area contributed by atoms with E-state index in [0.717, 1.165) is 30.0 Å². The fourth-order valence-electron chi connectivity index (χ4n) is 3.43. The molecular weight excluding hydrogens is 421 g/mol. The van der Waals surface area contributed by atoms with Crippen molar-refractivity contribution in [2.75, 3.05) is 12.9 Å². The number of rotatable bonds is 7. The molecule has 2 aromatic rings. The van der Waals surface area contributed by atoms with Crippen LogP contribution in [0.5, 0.6) is 11.6 Å². The lowest BCUT2D eigenvalue weighted by atomic mass is 9.91. The van der Waals surface area contributed by atoms with E-state index in [9.17, 15) is 14.0 Å². The SMILES string of the molecule is CCOC(=O)N[C@H]1CC[C@@H](NC(=O)c2cc(F)cnc2Oc2cccc(SC)c2)CC1. The van der Waals surface area contributed by atoms with Crippen molar-refractivity contribution in [1.29, 1.82) is 0 Å². The highest BCUT2D eigenvalue weighted by molar-refractivity contribution is 7.98. The molecule has 0 atom stereocenters. The molecular formula is C22H26FN3O4S. The van der Waals surface area contributed by atoms with Gasteiger partial charge in [0, 0.05) is 17.0 Å². The average Bonchev–Trinajstić information content (AvgIpc) is 2.76. The van der Waals surface area contributed by atoms with Crippen LogP contribution in [0.25, 0.3) is 0 Å². The Morgan fingerprint density at radius 1 is 1.16 bits per heavy atom. The number of carbonyl (C=O) groups excluding carboxylic acids is 2. The number of carbonyl (C=O) groups is 2. The van der Waals surface area contributed by atoms with E-state index in [4.69, 9.17) is 9.47 Å². The van der Waals surface area contributed by atoms with Gasteiger partial charge in [-0.05, 0) is 63.1 Å². The number of thioether (sulfide) groups is 1. The van der Waals surface area contributed by atoms with Crippen LogP contribution in [0, 0.1) is 5.82 Å². The molecule has 31 heavy (non-hydrogen) atoms. The van der Waals surface area contributed by atoms with E-state index in [1.54, 1.807) is 24.8 Å². The molecule has 2 N–H and O–H groups in total. The molecule has 0 radical (unpaired) electrons. The van der Waals surface area contributed by atoms with Crippen LogP contribution in [-0.2, 0) is 4.74 Å². The standard InChI is InChI=1S/C22H26FN3O4S/c1-3-29-22(28)26-16-9-7-15(8-10-16)25-20(27)19-11-14(23)13-24-21(19)30-17-5-4-6-18(12-17)31-2/h4-6,11-13,15-16H,3,7-10H2,1-2H3,(H,25,27)(H,26,28)/t15-,16+. The number of hydrogen-bond donors (Lipinski definition) is 2. The van der Waals surface area contributed by atoms with E-state index in [2.05, 4.69) is 15.6 Å². The summed E-state index contributed by atoms with van der Waals surface area (Å²) in [5, 5.41) is 5.76. The fraction of sp³-hybridized carbons (Fsp3) is 0.409. The van der Waals surface area contributed by atoms with Gasteiger partial charge in [-0.1, -0.05) is 6.07 Å². The zero-order chi connectivity index (χ0) is 22.2. The lowest BCUT2D eigenvalue weighted by Crippen LogP contribution is -2.44. The summed E-state index contributed by atoms with van der Waals surface area (Å²) in [6.07, 6.45) is 5.37. The Kier molecular flexibility index (Phi) is 8.11. The first-order valence-electron chi connectivity index (χ1n) is 10.2. The molecule has 1 fully saturated rings. The molecule has 1 aliphatic rings. The molecule has 1 aliphatic carbocycles. The van der Waals surface area contributed by atoms with Gasteiger partial charge < -0.3 is 20.1 Å². The van der Waals surface area contributed by atoms with E-state index >= 15 is 0 Å². The topological polar surface area (TPSA) is 89.6 Å². The Morgan fingerprint density at radius 3 is 2.55 bits per heavy atom. The van der Waals surface area contributed by atoms with E-state index in [0.29, 0.717) is 25.2 Å². The largest absolute Gasteiger partial charge is 0.450 e. The van der Waals surface area contributed by atoms with Gasteiger partial charge in [0.05, 0.1) is 12.8 Å². The molecule has 0 spiro atoms. The monoisotopic (exact) mass is 447 g/mol. The first-order chi connectivity index (χ1) is 15.0. The molecule has 0 aliphatic heterocycles. The normalized spacial score (nSPS) is 18.2. The van der Waals surface area contributed by atoms with Crippen molar-refractivity contribution in [3.05, 3.63) is 47.9 Å². The highest BCUT2D eigenvalue weighted by atomic mass is 32.2. The Labute approximate surface area is 185 Å². The number of benzene rings is 1. The molecule has 1 aromatic heterocycles. The molecule has 0 bridgehead atoms. The van der Waals surface area contributed by atoms with Crippen LogP contribution >= 0.6 is 11.8 Å². The summed E-state index contributed by atoms with van der Waals surface area (Å²) < 4.78 is 24.5. The number of alkyl carbamates (subject to hydrolysis) is 1. The number of nitrogens with zero attached hydrogens (tertiary/aromatic N) is 1. The maximum atomic E-state index is 13.8. The Morgan fingerprint density at radius 2 is 1.87 bits per heavy atom. The van der Waals surface area contributed by atoms with Crippen molar-refractivity contribution < 1.29 is 23.5 Å². The fourth-order valence-corrected chi connectivity index (χ4v) is 3.88. The van der Waals surface area contributed by atoms with Gasteiger partial charge in [0.1, 0.15) is 17.1 Å². The lowest BCUT2D eigenvalue weighted by molar-refractivity contribution is 0.0918. The van der Waals surface area contributed by atoms with Gasteiger partial charge in [-0.15, -0.1) is 11.8 Å². The smallest absolute Gasteiger partial charge is 0.407 e. The van der Waals surface area contributed by atoms with Crippen LogP contribution in [0.2, 0.25) is 0 Å². The highest BCUT2D eigenvalue weighted by Gasteiger charge is 2.26. The lowest BCUT2D eigenvalue weighted by Gasteiger charge is -2.29. The van der Waals surface area contributed by atoms with Crippen LogP contribution in [0.15, 0.2) is 41.4 Å². The van der Waals surface area contributed by atoms with Gasteiger partial charge in [-0.2, -0.15) is 0 Å². The van der Waals surface area contributed by atoms with E-state index in [1.165, 1.54) is 0 Å². The third-order valence-electron chi connectivity index (χ3n) is 4.98. The number of aromatic nitrogens is 1. The Balaban J connectivity index is 1.63. The maximum Gasteiger partial charge on any atom is 0.407 e. The first kappa shape index (κ1) is 22.9. The minimum absolute atomic E-state index is 0.0191. The molecule has 166 valence electrons. The van der Waals surface area contributed by atoms with Crippen LogP contribution in [-0.4, -0.2) is 41.9 Å². The van der Waals surface area contributed by atoms with E-state index < -0.39 is 17.8 Å². The highest BCUT2D eigenvalue weighted by Crippen LogP contribution is 2.27. The minimum Gasteiger partial charge on any atom is -0.450 e. The van der Waals surface area contributed by atoms with Gasteiger partial charge >= 0.3 is 6.09 Å². The minimum atomic E-state index is -0.613. The molecule has 7 nitrogen and oxygen atoms in total. The second-order valence-corrected chi connectivity index (χ2v) is 8.05. The summed E-state index contributed by atoms with van der Waals surface area (Å²) in [5.41, 5.74) is 0.0429. The predicted molar refractivity (Wildman–Crippen MR) is 116 cm³/mol. The van der Waals surface area contributed by atoms with Gasteiger partial charge in [-0.25, -0.2) is 14.2 Å². The molecule has 2 amide bonds. The van der Waals surface area contributed by atoms with Crippen molar-refractivity contribution >= 4 is 23.8 Å². The van der Waals surface area contributed by atoms with Crippen molar-refractivity contribution in [2.45, 2.75) is 49.6 Å². The number of nitrogens with one attached hydrogen (secondary N) is 2. The summed E-state index contributed by atoms with van der Waals surface area (Å²) in [6.45, 7) is 2.08. The molecule has 9 heteroatoms. The van der Waals surface area contributed by atoms with Crippen LogP contribution in [0.1, 0.15) is 43.0 Å². The van der Waals surface area contributed by atoms with Crippen LogP contribution in [0.4, 0.5) is 9.18 Å². The molecule has 0 unspecified atom stereocenters. The van der Waals surface area contributed by atoms with Crippen LogP contribution in [0.3, 0.4) is 0 Å². The zero-order valence-electron chi connectivity index (χ0n) is 17.5. The third-order valence-corrected chi connectivity index (χ3v) is 5.70. The summed E-state index contributed by atoms with van der Waals surface area (Å²) in [7, 11) is 0. The quantitative estimate of drug-likeness (QED) is 0.607. The van der Waals surface area contributed by atoms with E-state index in [1.807, 2.05) is 24.5 Å². The molecule has 1 heterocycles. The number of hydrogen-bond acceptors (Lipinski definition) is 6. The second kappa shape index (κ2) is 11.0. The molecule has 3 rings (SSSR count). The van der Waals surface area contributed by atoms with Crippen molar-refractivity contribution in [1.82, 2.24) is 15.6 Å². The first-order valence-corrected chi connectivity index (χ1v) is 11.4. The Hall–Kier alpha value is -2.81. The van der Waals surface area contributed by atoms with Crippen LogP contribution < -0.4 is 15.4 Å². The zero-order valence-corrected chi connectivity index (χ0v) is 18.3. The number of halogens is 1. The van der Waals surface area contributed by atoms with Gasteiger partial charge in [-0.3, -0.25) is 4.79 Å². The van der Waals surface area contributed by atoms with E-state index in [-0.39, 0.29) is 23.5 Å². The summed E-state index contributed by atoms with van der Waals surface area (Å²) in [5.74, 6) is -0.483. The van der Waals surface area contributed by atoms with Gasteiger partial charge in [0.25, 0.3) is 5.91 Å². The summed E-state index contributed by atoms with van der Waals surface area (Å²) >= 11 is 1.56. The predicted octanol–water partition coefficient (Wildman–Crippen LogP) is 4.52. The van der Waals surface area contributed by atoms with Gasteiger partial charge in [0.2, 0.25) is 5.88 Å². The molecule has 0 saturated heterocycles. The van der Waals surface area contributed by atoms with Crippen molar-refractivity contribution in [2.24, 2.45) is 0 Å². The number of pyridine rings is 1. The number of amides is 2. The Bertz CT molecular complexity index is 919. The number of ether oxygens (including phenoxy) is 2. The molecule has 1 saturated carbocycles. The molecule has 1 aromatic carbocycles. The second-order valence-electron chi connectivity index (χ2n) is 7.17. The summed E-state index contributed by atoms with van der Waals surface area (Å²) in [4.78, 5) is 29.4. The van der Waals surface area contributed by atoms with Crippen molar-refractivity contribution in [3.63, 3.8) is 0 Å². The average molecular weight is 448 g/mol. The summed E-state index contributed by atoms with van der Waals surface area (Å²) in [6, 6.07) is 8.43.